The normalized spacial score (nSPS) is 22.4. The summed E-state index contributed by atoms with van der Waals surface area (Å²) in [7, 11) is -5.04. The summed E-state index contributed by atoms with van der Waals surface area (Å²) in [5.41, 5.74) is 0. The van der Waals surface area contributed by atoms with Crippen LogP contribution in [-0.4, -0.2) is 97.5 Å². The van der Waals surface area contributed by atoms with E-state index in [1.807, 2.05) is 6.92 Å². The van der Waals surface area contributed by atoms with Crippen molar-refractivity contribution in [3.63, 3.8) is 0 Å². The lowest BCUT2D eigenvalue weighted by atomic mass is 9.99. The Morgan fingerprint density at radius 3 is 1.70 bits per heavy atom. The topological polar surface area (TPSA) is 178 Å². The Kier molecular flexibility index (Phi) is 26.2. The van der Waals surface area contributed by atoms with Gasteiger partial charge in [-0.3, -0.25) is 9.35 Å². The highest BCUT2D eigenvalue weighted by Crippen LogP contribution is 2.26. The van der Waals surface area contributed by atoms with Crippen LogP contribution in [0.2, 0.25) is 0 Å². The molecule has 1 saturated heterocycles. The first-order chi connectivity index (χ1) is 22.6. The van der Waals surface area contributed by atoms with Crippen LogP contribution in [0.1, 0.15) is 149 Å². The van der Waals surface area contributed by atoms with Crippen LogP contribution in [0.25, 0.3) is 0 Å². The largest absolute Gasteiger partial charge is 0.457 e. The van der Waals surface area contributed by atoms with Gasteiger partial charge in [-0.25, -0.2) is 4.18 Å². The van der Waals surface area contributed by atoms with Gasteiger partial charge in [-0.1, -0.05) is 129 Å². The van der Waals surface area contributed by atoms with E-state index in [0.717, 1.165) is 32.1 Å². The minimum absolute atomic E-state index is 0.0399. The van der Waals surface area contributed by atoms with Gasteiger partial charge in [-0.15, -0.1) is 0 Å². The molecule has 0 spiro atoms. The average Bonchev–Trinajstić information content (AvgIpc) is 3.03. The third-order valence-electron chi connectivity index (χ3n) is 8.48. The monoisotopic (exact) mass is 698 g/mol. The molecule has 0 aromatic carbocycles. The lowest BCUT2D eigenvalue weighted by Crippen LogP contribution is -2.60. The van der Waals surface area contributed by atoms with Crippen LogP contribution in [-0.2, 0) is 38.3 Å². The van der Waals surface area contributed by atoms with E-state index in [2.05, 4.69) is 11.1 Å². The van der Waals surface area contributed by atoms with Gasteiger partial charge in [0.25, 0.3) is 0 Å². The Morgan fingerprint density at radius 1 is 0.723 bits per heavy atom. The highest BCUT2D eigenvalue weighted by atomic mass is 32.3. The summed E-state index contributed by atoms with van der Waals surface area (Å²) in [6, 6.07) is 0. The zero-order valence-electron chi connectivity index (χ0n) is 29.1. The molecule has 47 heavy (non-hydrogen) atoms. The summed E-state index contributed by atoms with van der Waals surface area (Å²) in [6.07, 6.45) is 15.4. The van der Waals surface area contributed by atoms with Crippen molar-refractivity contribution in [1.29, 1.82) is 0 Å². The van der Waals surface area contributed by atoms with Crippen molar-refractivity contribution in [2.75, 3.05) is 26.4 Å². The molecule has 280 valence electrons. The Balaban J connectivity index is 2.32. The highest BCUT2D eigenvalue weighted by Gasteiger charge is 2.48. The van der Waals surface area contributed by atoms with Gasteiger partial charge in [0.1, 0.15) is 30.5 Å². The standard InChI is InChI=1S/C34H66O12S/c1-3-5-7-8-9-10-11-12-13-14-15-16-17-18-19-20-22-24-42-26-28(44-30(36)23-21-6-4-2)27-43-34-32(38)33(46-47(39,40)41)31(37)29(25-35)45-34/h28-29,31-35,37-38H,3-27H2,1-2H3,(H,39,40,41). The van der Waals surface area contributed by atoms with Gasteiger partial charge in [0, 0.05) is 13.0 Å². The smallest absolute Gasteiger partial charge is 0.397 e. The van der Waals surface area contributed by atoms with Crippen LogP contribution in [0, 0.1) is 0 Å². The van der Waals surface area contributed by atoms with Crippen LogP contribution in [0.5, 0.6) is 0 Å². The molecule has 0 aliphatic carbocycles. The number of hydrogen-bond donors (Lipinski definition) is 4. The third-order valence-corrected chi connectivity index (χ3v) is 8.94. The second-order valence-electron chi connectivity index (χ2n) is 12.8. The molecular formula is C34H66O12S. The molecule has 12 nitrogen and oxygen atoms in total. The number of unbranched alkanes of at least 4 members (excludes halogenated alkanes) is 18. The number of aliphatic hydroxyl groups excluding tert-OH is 3. The number of ether oxygens (including phenoxy) is 4. The molecule has 6 atom stereocenters. The molecule has 0 bridgehead atoms. The van der Waals surface area contributed by atoms with Crippen molar-refractivity contribution >= 4 is 16.4 Å². The van der Waals surface area contributed by atoms with Gasteiger partial charge >= 0.3 is 16.4 Å². The van der Waals surface area contributed by atoms with Crippen molar-refractivity contribution in [1.82, 2.24) is 0 Å². The molecule has 13 heteroatoms. The summed E-state index contributed by atoms with van der Waals surface area (Å²) < 4.78 is 58.2. The average molecular weight is 699 g/mol. The molecule has 4 N–H and O–H groups in total. The maximum atomic E-state index is 12.4. The van der Waals surface area contributed by atoms with Crippen molar-refractivity contribution in [2.24, 2.45) is 0 Å². The minimum Gasteiger partial charge on any atom is -0.457 e. The zero-order chi connectivity index (χ0) is 34.8. The van der Waals surface area contributed by atoms with Crippen LogP contribution in [0.4, 0.5) is 0 Å². The number of carbonyl (C=O) groups is 1. The molecule has 1 heterocycles. The molecule has 0 aromatic heterocycles. The van der Waals surface area contributed by atoms with E-state index in [4.69, 9.17) is 23.5 Å². The summed E-state index contributed by atoms with van der Waals surface area (Å²) in [5, 5.41) is 30.3. The lowest BCUT2D eigenvalue weighted by Gasteiger charge is -2.41. The Labute approximate surface area is 284 Å². The van der Waals surface area contributed by atoms with Crippen LogP contribution in [0.15, 0.2) is 0 Å². The fourth-order valence-corrected chi connectivity index (χ4v) is 6.18. The number of rotatable bonds is 31. The summed E-state index contributed by atoms with van der Waals surface area (Å²) in [4.78, 5) is 12.4. The molecule has 1 rings (SSSR count). The predicted octanol–water partition coefficient (Wildman–Crippen LogP) is 5.79. The van der Waals surface area contributed by atoms with Crippen molar-refractivity contribution in [3.05, 3.63) is 0 Å². The summed E-state index contributed by atoms with van der Waals surface area (Å²) >= 11 is 0. The van der Waals surface area contributed by atoms with Gasteiger partial charge in [-0.2, -0.15) is 8.42 Å². The first-order valence-corrected chi connectivity index (χ1v) is 19.7. The molecule has 1 aliphatic heterocycles. The van der Waals surface area contributed by atoms with E-state index in [0.29, 0.717) is 13.0 Å². The Bertz CT molecular complexity index is 858. The van der Waals surface area contributed by atoms with E-state index in [1.165, 1.54) is 89.9 Å². The molecule has 0 radical (unpaired) electrons. The highest BCUT2D eigenvalue weighted by molar-refractivity contribution is 7.80. The minimum atomic E-state index is -5.04. The van der Waals surface area contributed by atoms with Gasteiger partial charge < -0.3 is 34.3 Å². The maximum Gasteiger partial charge on any atom is 0.397 e. The molecule has 1 aliphatic rings. The molecule has 0 amide bonds. The van der Waals surface area contributed by atoms with Gasteiger partial charge in [0.05, 0.1) is 19.8 Å². The van der Waals surface area contributed by atoms with Crippen molar-refractivity contribution in [3.8, 4) is 0 Å². The second-order valence-corrected chi connectivity index (χ2v) is 13.9. The summed E-state index contributed by atoms with van der Waals surface area (Å²) in [6.45, 7) is 3.80. The molecule has 0 aromatic rings. The van der Waals surface area contributed by atoms with E-state index in [9.17, 15) is 28.5 Å². The SMILES string of the molecule is CCCCCCCCCCCCCCCCCCCOCC(COC1OC(CO)C(O)C(OS(=O)(=O)O)C1O)OC(=O)CCCCC. The lowest BCUT2D eigenvalue weighted by molar-refractivity contribution is -0.301. The van der Waals surface area contributed by atoms with Gasteiger partial charge in [-0.05, 0) is 12.8 Å². The first-order valence-electron chi connectivity index (χ1n) is 18.3. The van der Waals surface area contributed by atoms with E-state index in [1.54, 1.807) is 0 Å². The Morgan fingerprint density at radius 2 is 1.21 bits per heavy atom. The van der Waals surface area contributed by atoms with Crippen molar-refractivity contribution in [2.45, 2.75) is 185 Å². The second kappa shape index (κ2) is 27.9. The quantitative estimate of drug-likeness (QED) is 0.0390. The maximum absolute atomic E-state index is 12.4. The Hall–Kier alpha value is -0.900. The summed E-state index contributed by atoms with van der Waals surface area (Å²) in [5.74, 6) is -0.421. The van der Waals surface area contributed by atoms with E-state index in [-0.39, 0.29) is 19.6 Å². The molecule has 6 unspecified atom stereocenters. The fraction of sp³-hybridized carbons (Fsp3) is 0.971. The number of hydrogen-bond acceptors (Lipinski definition) is 11. The van der Waals surface area contributed by atoms with Crippen LogP contribution in [0.3, 0.4) is 0 Å². The predicted molar refractivity (Wildman–Crippen MR) is 179 cm³/mol. The van der Waals surface area contributed by atoms with E-state index < -0.39 is 59.8 Å². The molecular weight excluding hydrogens is 632 g/mol. The number of carbonyl (C=O) groups excluding carboxylic acids is 1. The third kappa shape index (κ3) is 22.4. The number of esters is 1. The van der Waals surface area contributed by atoms with Gasteiger partial charge in [0.2, 0.25) is 0 Å². The van der Waals surface area contributed by atoms with Crippen LogP contribution < -0.4 is 0 Å². The van der Waals surface area contributed by atoms with E-state index >= 15 is 0 Å². The first kappa shape index (κ1) is 44.1. The number of aliphatic hydroxyl groups is 3. The zero-order valence-corrected chi connectivity index (χ0v) is 29.9. The molecule has 0 saturated carbocycles. The molecule has 1 fully saturated rings. The van der Waals surface area contributed by atoms with Crippen molar-refractivity contribution < 1.29 is 56.2 Å². The van der Waals surface area contributed by atoms with Gasteiger partial charge in [0.15, 0.2) is 6.29 Å². The fourth-order valence-electron chi connectivity index (χ4n) is 5.67. The van der Waals surface area contributed by atoms with Crippen LogP contribution >= 0.6 is 0 Å².